The SMILES string of the molecule is CCc1ccc(C(=O)Cc2ccsc2)o1. The predicted molar refractivity (Wildman–Crippen MR) is 60.4 cm³/mol. The third-order valence-electron chi connectivity index (χ3n) is 2.23. The number of Topliss-reactive ketones (excluding diaryl/α,β-unsaturated/α-hetero) is 1. The highest BCUT2D eigenvalue weighted by Crippen LogP contribution is 2.13. The largest absolute Gasteiger partial charge is 0.458 e. The number of furan rings is 1. The summed E-state index contributed by atoms with van der Waals surface area (Å²) in [6.45, 7) is 2.01. The van der Waals surface area contributed by atoms with E-state index in [0.29, 0.717) is 12.2 Å². The first kappa shape index (κ1) is 10.2. The fourth-order valence-corrected chi connectivity index (χ4v) is 2.05. The lowest BCUT2D eigenvalue weighted by Crippen LogP contribution is -2.00. The Morgan fingerprint density at radius 3 is 2.87 bits per heavy atom. The molecule has 0 fully saturated rings. The van der Waals surface area contributed by atoms with Gasteiger partial charge in [-0.15, -0.1) is 0 Å². The molecule has 0 atom stereocenters. The minimum Gasteiger partial charge on any atom is -0.458 e. The molecular weight excluding hydrogens is 208 g/mol. The third-order valence-corrected chi connectivity index (χ3v) is 2.96. The van der Waals surface area contributed by atoms with E-state index in [4.69, 9.17) is 4.42 Å². The van der Waals surface area contributed by atoms with Crippen LogP contribution in [0.1, 0.15) is 28.8 Å². The topological polar surface area (TPSA) is 30.2 Å². The first-order chi connectivity index (χ1) is 7.29. The Morgan fingerprint density at radius 2 is 2.27 bits per heavy atom. The first-order valence-electron chi connectivity index (χ1n) is 4.92. The van der Waals surface area contributed by atoms with Gasteiger partial charge in [-0.25, -0.2) is 0 Å². The predicted octanol–water partition coefficient (Wildman–Crippen LogP) is 3.33. The van der Waals surface area contributed by atoms with Gasteiger partial charge in [-0.05, 0) is 34.5 Å². The molecule has 0 saturated heterocycles. The maximum absolute atomic E-state index is 11.8. The van der Waals surface area contributed by atoms with Crippen molar-refractivity contribution in [3.8, 4) is 0 Å². The molecule has 0 spiro atoms. The minimum atomic E-state index is 0.0492. The van der Waals surface area contributed by atoms with Crippen LogP contribution in [0.2, 0.25) is 0 Å². The quantitative estimate of drug-likeness (QED) is 0.740. The minimum absolute atomic E-state index is 0.0492. The van der Waals surface area contributed by atoms with E-state index >= 15 is 0 Å². The van der Waals surface area contributed by atoms with Crippen LogP contribution < -0.4 is 0 Å². The van der Waals surface area contributed by atoms with Crippen molar-refractivity contribution in [3.63, 3.8) is 0 Å². The summed E-state index contributed by atoms with van der Waals surface area (Å²) >= 11 is 1.60. The highest BCUT2D eigenvalue weighted by atomic mass is 32.1. The van der Waals surface area contributed by atoms with Crippen LogP contribution in [0.15, 0.2) is 33.4 Å². The summed E-state index contributed by atoms with van der Waals surface area (Å²) < 4.78 is 5.40. The van der Waals surface area contributed by atoms with Crippen molar-refractivity contribution < 1.29 is 9.21 Å². The molecule has 2 aromatic rings. The van der Waals surface area contributed by atoms with E-state index < -0.39 is 0 Å². The molecule has 0 aliphatic carbocycles. The highest BCUT2D eigenvalue weighted by molar-refractivity contribution is 7.08. The van der Waals surface area contributed by atoms with Crippen LogP contribution in [-0.2, 0) is 12.8 Å². The van der Waals surface area contributed by atoms with Crippen molar-refractivity contribution in [3.05, 3.63) is 46.0 Å². The Balaban J connectivity index is 2.08. The van der Waals surface area contributed by atoms with E-state index in [1.165, 1.54) is 0 Å². The van der Waals surface area contributed by atoms with Crippen LogP contribution in [0.5, 0.6) is 0 Å². The Morgan fingerprint density at radius 1 is 1.40 bits per heavy atom. The molecule has 0 bridgehead atoms. The Kier molecular flexibility index (Phi) is 3.02. The summed E-state index contributed by atoms with van der Waals surface area (Å²) in [6, 6.07) is 5.58. The molecule has 2 nitrogen and oxygen atoms in total. The van der Waals surface area contributed by atoms with E-state index in [1.54, 1.807) is 17.4 Å². The van der Waals surface area contributed by atoms with Crippen molar-refractivity contribution >= 4 is 17.1 Å². The number of carbonyl (C=O) groups is 1. The molecule has 2 aromatic heterocycles. The molecule has 0 N–H and O–H groups in total. The fraction of sp³-hybridized carbons (Fsp3) is 0.250. The van der Waals surface area contributed by atoms with Crippen molar-refractivity contribution in [2.45, 2.75) is 19.8 Å². The molecule has 0 unspecified atom stereocenters. The van der Waals surface area contributed by atoms with E-state index in [-0.39, 0.29) is 5.78 Å². The van der Waals surface area contributed by atoms with E-state index in [9.17, 15) is 4.79 Å². The van der Waals surface area contributed by atoms with Crippen LogP contribution in [-0.4, -0.2) is 5.78 Å². The molecule has 0 aromatic carbocycles. The van der Waals surface area contributed by atoms with Gasteiger partial charge in [0.05, 0.1) is 0 Å². The average Bonchev–Trinajstić information content (AvgIpc) is 2.86. The van der Waals surface area contributed by atoms with Crippen molar-refractivity contribution in [1.82, 2.24) is 0 Å². The molecule has 2 heterocycles. The number of hydrogen-bond donors (Lipinski definition) is 0. The molecule has 0 saturated carbocycles. The van der Waals surface area contributed by atoms with Gasteiger partial charge in [0, 0.05) is 12.8 Å². The van der Waals surface area contributed by atoms with Crippen LogP contribution >= 0.6 is 11.3 Å². The van der Waals surface area contributed by atoms with Crippen molar-refractivity contribution in [1.29, 1.82) is 0 Å². The Labute approximate surface area is 92.5 Å². The molecule has 0 radical (unpaired) electrons. The number of ketones is 1. The number of rotatable bonds is 4. The summed E-state index contributed by atoms with van der Waals surface area (Å²) in [5, 5.41) is 3.96. The highest BCUT2D eigenvalue weighted by Gasteiger charge is 2.11. The van der Waals surface area contributed by atoms with Gasteiger partial charge in [-0.3, -0.25) is 4.79 Å². The van der Waals surface area contributed by atoms with E-state index in [2.05, 4.69) is 0 Å². The summed E-state index contributed by atoms with van der Waals surface area (Å²) in [6.07, 6.45) is 1.26. The Bertz CT molecular complexity index is 440. The van der Waals surface area contributed by atoms with Gasteiger partial charge >= 0.3 is 0 Å². The number of carbonyl (C=O) groups excluding carboxylic acids is 1. The van der Waals surface area contributed by atoms with Crippen molar-refractivity contribution in [2.24, 2.45) is 0 Å². The van der Waals surface area contributed by atoms with Gasteiger partial charge < -0.3 is 4.42 Å². The summed E-state index contributed by atoms with van der Waals surface area (Å²) in [5.41, 5.74) is 1.06. The zero-order chi connectivity index (χ0) is 10.7. The maximum Gasteiger partial charge on any atom is 0.202 e. The Hall–Kier alpha value is -1.35. The molecular formula is C12H12O2S. The number of aryl methyl sites for hydroxylation is 1. The lowest BCUT2D eigenvalue weighted by atomic mass is 10.1. The van der Waals surface area contributed by atoms with Gasteiger partial charge in [-0.2, -0.15) is 11.3 Å². The van der Waals surface area contributed by atoms with Gasteiger partial charge in [0.15, 0.2) is 5.76 Å². The second-order valence-electron chi connectivity index (χ2n) is 3.35. The average molecular weight is 220 g/mol. The standard InChI is InChI=1S/C12H12O2S/c1-2-10-3-4-12(14-10)11(13)7-9-5-6-15-8-9/h3-6,8H,2,7H2,1H3. The van der Waals surface area contributed by atoms with Gasteiger partial charge in [0.25, 0.3) is 0 Å². The van der Waals surface area contributed by atoms with Crippen molar-refractivity contribution in [2.75, 3.05) is 0 Å². The number of thiophene rings is 1. The molecule has 0 amide bonds. The van der Waals surface area contributed by atoms with E-state index in [0.717, 1.165) is 17.7 Å². The summed E-state index contributed by atoms with van der Waals surface area (Å²) in [4.78, 5) is 11.8. The monoisotopic (exact) mass is 220 g/mol. The molecule has 2 rings (SSSR count). The first-order valence-corrected chi connectivity index (χ1v) is 5.87. The van der Waals surface area contributed by atoms with Crippen LogP contribution in [0.4, 0.5) is 0 Å². The molecule has 0 aliphatic heterocycles. The zero-order valence-corrected chi connectivity index (χ0v) is 9.34. The van der Waals surface area contributed by atoms with Crippen LogP contribution in [0.3, 0.4) is 0 Å². The molecule has 3 heteroatoms. The van der Waals surface area contributed by atoms with Gasteiger partial charge in [-0.1, -0.05) is 6.92 Å². The summed E-state index contributed by atoms with van der Waals surface area (Å²) in [5.74, 6) is 1.38. The molecule has 15 heavy (non-hydrogen) atoms. The zero-order valence-electron chi connectivity index (χ0n) is 8.53. The molecule has 0 aliphatic rings. The fourth-order valence-electron chi connectivity index (χ4n) is 1.38. The normalized spacial score (nSPS) is 10.5. The molecule has 78 valence electrons. The smallest absolute Gasteiger partial charge is 0.202 e. The lowest BCUT2D eigenvalue weighted by Gasteiger charge is -1.94. The van der Waals surface area contributed by atoms with Crippen LogP contribution in [0.25, 0.3) is 0 Å². The van der Waals surface area contributed by atoms with Gasteiger partial charge in [0.1, 0.15) is 5.76 Å². The number of hydrogen-bond acceptors (Lipinski definition) is 3. The van der Waals surface area contributed by atoms with Crippen LogP contribution in [0, 0.1) is 0 Å². The third kappa shape index (κ3) is 2.36. The second-order valence-corrected chi connectivity index (χ2v) is 4.13. The summed E-state index contributed by atoms with van der Waals surface area (Å²) in [7, 11) is 0. The van der Waals surface area contributed by atoms with Gasteiger partial charge in [0.2, 0.25) is 5.78 Å². The van der Waals surface area contributed by atoms with E-state index in [1.807, 2.05) is 29.8 Å². The maximum atomic E-state index is 11.8. The lowest BCUT2D eigenvalue weighted by molar-refractivity contribution is 0.0965. The second kappa shape index (κ2) is 4.45.